The standard InChI is InChI=1S/C84H54N8O2/c1-6-89-69-24-14-9-19-59(69)64-41-54(29-32-70(64)89)92-71-42-73(90(55-35-48(44-85)33-49(36-55)45-86)52-27-30-67-62(39-52)57-17-7-12-22-65(57)83(67,2)3)81-77(60-20-10-15-25-75(60)93-81)79(71)80-72(92)43-74(82-78(80)61-21-11-16-26-76(61)94-82)91(56-37-50(46-87)34-51(38-56)47-88)53-28-31-68-63(40-53)58-18-8-13-23-66(58)84(68,4)5/h7-43H,6H2,1-5H3. The van der Waals surface area contributed by atoms with Crippen molar-refractivity contribution in [2.45, 2.75) is 52.0 Å². The van der Waals surface area contributed by atoms with Crippen LogP contribution in [0.25, 0.3) is 115 Å². The Morgan fingerprint density at radius 3 is 1.24 bits per heavy atom. The highest BCUT2D eigenvalue weighted by Gasteiger charge is 2.39. The molecule has 0 unspecified atom stereocenters. The first-order valence-corrected chi connectivity index (χ1v) is 31.7. The van der Waals surface area contributed by atoms with Crippen molar-refractivity contribution >= 4 is 122 Å². The van der Waals surface area contributed by atoms with Crippen molar-refractivity contribution in [3.05, 3.63) is 269 Å². The van der Waals surface area contributed by atoms with Crippen molar-refractivity contribution in [2.24, 2.45) is 0 Å². The summed E-state index contributed by atoms with van der Waals surface area (Å²) in [7, 11) is 0. The van der Waals surface area contributed by atoms with Gasteiger partial charge >= 0.3 is 0 Å². The minimum absolute atomic E-state index is 0.281. The van der Waals surface area contributed by atoms with E-state index < -0.39 is 0 Å². The molecule has 4 aromatic heterocycles. The molecule has 18 rings (SSSR count). The Labute approximate surface area is 540 Å². The fraction of sp³-hybridized carbons (Fsp3) is 0.0952. The summed E-state index contributed by atoms with van der Waals surface area (Å²) >= 11 is 0. The molecule has 0 fully saturated rings. The zero-order chi connectivity index (χ0) is 63.6. The van der Waals surface area contributed by atoms with Gasteiger partial charge in [-0.15, -0.1) is 0 Å². The van der Waals surface area contributed by atoms with E-state index in [0.29, 0.717) is 67.3 Å². The Kier molecular flexibility index (Phi) is 11.4. The predicted octanol–water partition coefficient (Wildman–Crippen LogP) is 21.7. The largest absolute Gasteiger partial charge is 0.454 e. The quantitative estimate of drug-likeness (QED) is 0.147. The summed E-state index contributed by atoms with van der Waals surface area (Å²) in [6.07, 6.45) is 0. The molecule has 16 aromatic rings. The summed E-state index contributed by atoms with van der Waals surface area (Å²) in [5, 5.41) is 50.7. The molecule has 442 valence electrons. The van der Waals surface area contributed by atoms with E-state index >= 15 is 0 Å². The first-order valence-electron chi connectivity index (χ1n) is 31.7. The molecule has 0 atom stereocenters. The van der Waals surface area contributed by atoms with Gasteiger partial charge in [0.25, 0.3) is 0 Å². The number of hydrogen-bond acceptors (Lipinski definition) is 8. The van der Waals surface area contributed by atoms with E-state index in [2.05, 4.69) is 242 Å². The molecule has 0 spiro atoms. The molecule has 0 saturated heterocycles. The van der Waals surface area contributed by atoms with Crippen LogP contribution in [0.5, 0.6) is 0 Å². The molecule has 12 aromatic carbocycles. The van der Waals surface area contributed by atoms with Gasteiger partial charge in [-0.05, 0) is 161 Å². The Morgan fingerprint density at radius 2 is 0.777 bits per heavy atom. The highest BCUT2D eigenvalue weighted by atomic mass is 16.3. The summed E-state index contributed by atoms with van der Waals surface area (Å²) in [4.78, 5) is 4.33. The fourth-order valence-electron chi connectivity index (χ4n) is 16.1. The van der Waals surface area contributed by atoms with Crippen LogP contribution in [0, 0.1) is 45.3 Å². The second kappa shape index (κ2) is 19.7. The number of furan rings is 2. The fourth-order valence-corrected chi connectivity index (χ4v) is 16.1. The average molecular weight is 1210 g/mol. The van der Waals surface area contributed by atoms with E-state index in [4.69, 9.17) is 8.83 Å². The second-order valence-corrected chi connectivity index (χ2v) is 25.9. The number of nitriles is 4. The minimum atomic E-state index is -0.281. The lowest BCUT2D eigenvalue weighted by Crippen LogP contribution is -2.15. The molecule has 0 bridgehead atoms. The highest BCUT2D eigenvalue weighted by Crippen LogP contribution is 2.57. The van der Waals surface area contributed by atoms with E-state index in [1.807, 2.05) is 48.5 Å². The monoisotopic (exact) mass is 1210 g/mol. The lowest BCUT2D eigenvalue weighted by atomic mass is 9.82. The van der Waals surface area contributed by atoms with Gasteiger partial charge in [0.05, 0.1) is 68.9 Å². The van der Waals surface area contributed by atoms with Gasteiger partial charge < -0.3 is 27.8 Å². The van der Waals surface area contributed by atoms with Crippen molar-refractivity contribution in [3.63, 3.8) is 0 Å². The van der Waals surface area contributed by atoms with Crippen molar-refractivity contribution in [1.82, 2.24) is 9.13 Å². The zero-order valence-corrected chi connectivity index (χ0v) is 52.0. The number of rotatable bonds is 8. The van der Waals surface area contributed by atoms with E-state index in [0.717, 1.165) is 111 Å². The number of fused-ring (bicyclic) bond motifs is 20. The normalized spacial score (nSPS) is 13.3. The summed E-state index contributed by atoms with van der Waals surface area (Å²) in [6.45, 7) is 12.1. The van der Waals surface area contributed by atoms with Gasteiger partial charge in [-0.2, -0.15) is 21.0 Å². The SMILES string of the molecule is CCn1c2ccccc2c2cc(-n3c4cc(N(c5cc(C#N)cc(C#N)c5)c5ccc6c(c5)-c5ccccc5C6(C)C)c5oc6ccccc6c5c4c4c5c(oc6ccccc65)c(N(c5cc(C#N)cc(C#N)c5)c5ccc6c(c5)-c5ccccc5C6(C)C)cc43)ccc21. The summed E-state index contributed by atoms with van der Waals surface area (Å²) < 4.78 is 19.6. The van der Waals surface area contributed by atoms with Crippen molar-refractivity contribution in [2.75, 3.05) is 9.80 Å². The maximum Gasteiger partial charge on any atom is 0.160 e. The van der Waals surface area contributed by atoms with Crippen molar-refractivity contribution < 1.29 is 8.83 Å². The van der Waals surface area contributed by atoms with Gasteiger partial charge in [0, 0.05) is 99.9 Å². The summed E-state index contributed by atoms with van der Waals surface area (Å²) in [6, 6.07) is 87.0. The van der Waals surface area contributed by atoms with Crippen LogP contribution in [0.15, 0.2) is 233 Å². The van der Waals surface area contributed by atoms with E-state index in [1.54, 1.807) is 12.1 Å². The van der Waals surface area contributed by atoms with Crippen LogP contribution in [-0.2, 0) is 17.4 Å². The van der Waals surface area contributed by atoms with Crippen LogP contribution in [0.4, 0.5) is 34.1 Å². The number of nitrogens with zero attached hydrogens (tertiary/aromatic N) is 8. The third-order valence-corrected chi connectivity index (χ3v) is 20.3. The first kappa shape index (κ1) is 54.3. The third-order valence-electron chi connectivity index (χ3n) is 20.3. The summed E-state index contributed by atoms with van der Waals surface area (Å²) in [5.41, 5.74) is 21.8. The molecule has 2 aliphatic rings. The van der Waals surface area contributed by atoms with E-state index in [-0.39, 0.29) is 10.8 Å². The number of benzene rings is 12. The third kappa shape index (κ3) is 7.48. The number of hydrogen-bond donors (Lipinski definition) is 0. The molecule has 0 radical (unpaired) electrons. The molecule has 0 N–H and O–H groups in total. The number of aryl methyl sites for hydroxylation is 1. The minimum Gasteiger partial charge on any atom is -0.454 e. The molecule has 94 heavy (non-hydrogen) atoms. The average Bonchev–Trinajstić information content (AvgIpc) is 1.52. The lowest BCUT2D eigenvalue weighted by molar-refractivity contribution is 0.660. The Balaban J connectivity index is 1.04. The second-order valence-electron chi connectivity index (χ2n) is 25.9. The van der Waals surface area contributed by atoms with Crippen molar-refractivity contribution in [3.8, 4) is 52.2 Å². The predicted molar refractivity (Wildman–Crippen MR) is 377 cm³/mol. The molecule has 10 heteroatoms. The molecule has 0 amide bonds. The molecule has 0 saturated carbocycles. The van der Waals surface area contributed by atoms with Crippen LogP contribution in [0.3, 0.4) is 0 Å². The first-order chi connectivity index (χ1) is 45.9. The molecular weight excluding hydrogens is 1150 g/mol. The van der Waals surface area contributed by atoms with Gasteiger partial charge in [0.1, 0.15) is 11.2 Å². The molecular formula is C84H54N8O2. The molecule has 0 aliphatic heterocycles. The van der Waals surface area contributed by atoms with Gasteiger partial charge in [0.15, 0.2) is 11.2 Å². The lowest BCUT2D eigenvalue weighted by Gasteiger charge is -2.28. The topological polar surface area (TPSA) is 138 Å². The summed E-state index contributed by atoms with van der Waals surface area (Å²) in [5.74, 6) is 0. The molecule has 4 heterocycles. The van der Waals surface area contributed by atoms with E-state index in [9.17, 15) is 21.0 Å². The van der Waals surface area contributed by atoms with Crippen LogP contribution in [-0.4, -0.2) is 9.13 Å². The van der Waals surface area contributed by atoms with Crippen LogP contribution in [0.1, 0.15) is 79.1 Å². The van der Waals surface area contributed by atoms with Gasteiger partial charge in [0.2, 0.25) is 0 Å². The smallest absolute Gasteiger partial charge is 0.160 e. The Morgan fingerprint density at radius 1 is 0.362 bits per heavy atom. The number of aromatic nitrogens is 2. The van der Waals surface area contributed by atoms with Crippen LogP contribution in [0.2, 0.25) is 0 Å². The maximum atomic E-state index is 10.8. The van der Waals surface area contributed by atoms with Gasteiger partial charge in [-0.25, -0.2) is 0 Å². The van der Waals surface area contributed by atoms with Crippen LogP contribution < -0.4 is 9.80 Å². The van der Waals surface area contributed by atoms with Crippen LogP contribution >= 0.6 is 0 Å². The maximum absolute atomic E-state index is 10.8. The molecule has 10 nitrogen and oxygen atoms in total. The molecule has 2 aliphatic carbocycles. The number of anilines is 6. The Bertz CT molecular complexity index is 5870. The number of para-hydroxylation sites is 3. The van der Waals surface area contributed by atoms with E-state index in [1.165, 1.54) is 22.3 Å². The Hall–Kier alpha value is -12.6. The van der Waals surface area contributed by atoms with Gasteiger partial charge in [-0.1, -0.05) is 143 Å². The van der Waals surface area contributed by atoms with Crippen molar-refractivity contribution in [1.29, 1.82) is 21.0 Å². The van der Waals surface area contributed by atoms with Gasteiger partial charge in [-0.3, -0.25) is 0 Å². The highest BCUT2D eigenvalue weighted by molar-refractivity contribution is 6.38. The zero-order valence-electron chi connectivity index (χ0n) is 52.0.